The molecule has 1 heterocycles. The minimum atomic E-state index is -1.61. The van der Waals surface area contributed by atoms with Crippen molar-refractivity contribution in [1.82, 2.24) is 0 Å². The molecule has 1 aliphatic heterocycles. The Morgan fingerprint density at radius 1 is 1.25 bits per heavy atom. The van der Waals surface area contributed by atoms with Crippen molar-refractivity contribution in [3.8, 4) is 0 Å². The van der Waals surface area contributed by atoms with E-state index >= 15 is 0 Å². The number of rotatable bonds is 3. The summed E-state index contributed by atoms with van der Waals surface area (Å²) in [6, 6.07) is 8.50. The summed E-state index contributed by atoms with van der Waals surface area (Å²) < 4.78 is 5.45. The van der Waals surface area contributed by atoms with Gasteiger partial charge in [-0.25, -0.2) is 0 Å². The summed E-state index contributed by atoms with van der Waals surface area (Å²) in [7, 11) is 0. The maximum atomic E-state index is 10.8. The van der Waals surface area contributed by atoms with Gasteiger partial charge >= 0.3 is 0 Å². The van der Waals surface area contributed by atoms with Crippen LogP contribution in [0.15, 0.2) is 40.6 Å². The van der Waals surface area contributed by atoms with Crippen LogP contribution < -0.4 is 0 Å². The highest BCUT2D eigenvalue weighted by Gasteiger charge is 2.75. The molecule has 0 aromatic heterocycles. The molecular formula is C12H12N6O2. The van der Waals surface area contributed by atoms with Gasteiger partial charge in [-0.05, 0) is 23.0 Å². The molecule has 3 rings (SSSR count). The lowest BCUT2D eigenvalue weighted by molar-refractivity contribution is -0.273. The Hall–Kier alpha value is -2.24. The van der Waals surface area contributed by atoms with Crippen LogP contribution in [0.25, 0.3) is 20.9 Å². The molecule has 8 heteroatoms. The van der Waals surface area contributed by atoms with Gasteiger partial charge in [0.25, 0.3) is 0 Å². The van der Waals surface area contributed by atoms with Gasteiger partial charge in [0, 0.05) is 15.7 Å². The molecule has 0 spiro atoms. The van der Waals surface area contributed by atoms with Crippen molar-refractivity contribution in [3.05, 3.63) is 56.8 Å². The largest absolute Gasteiger partial charge is 0.364 e. The molecule has 1 N–H and O–H groups in total. The zero-order chi connectivity index (χ0) is 14.2. The van der Waals surface area contributed by atoms with Gasteiger partial charge in [-0.1, -0.05) is 40.6 Å². The van der Waals surface area contributed by atoms with Gasteiger partial charge in [0.15, 0.2) is 5.79 Å². The van der Waals surface area contributed by atoms with Crippen LogP contribution in [0.3, 0.4) is 0 Å². The van der Waals surface area contributed by atoms with Gasteiger partial charge in [0.1, 0.15) is 5.54 Å². The van der Waals surface area contributed by atoms with E-state index in [4.69, 9.17) is 15.8 Å². The second-order valence-corrected chi connectivity index (χ2v) is 4.95. The van der Waals surface area contributed by atoms with Crippen LogP contribution in [0.1, 0.15) is 17.9 Å². The van der Waals surface area contributed by atoms with E-state index in [2.05, 4.69) is 20.1 Å². The average Bonchev–Trinajstić information content (AvgIpc) is 2.73. The van der Waals surface area contributed by atoms with Crippen LogP contribution in [-0.4, -0.2) is 29.1 Å². The lowest BCUT2D eigenvalue weighted by Crippen LogP contribution is -2.73. The lowest BCUT2D eigenvalue weighted by atomic mass is 9.56. The molecule has 0 bridgehead atoms. The van der Waals surface area contributed by atoms with Crippen LogP contribution >= 0.6 is 0 Å². The molecule has 1 aromatic rings. The van der Waals surface area contributed by atoms with E-state index in [0.29, 0.717) is 6.42 Å². The number of hydrogen-bond donors (Lipinski definition) is 1. The molecule has 0 radical (unpaired) electrons. The number of ether oxygens (including phenoxy) is 1. The van der Waals surface area contributed by atoms with Crippen molar-refractivity contribution in [1.29, 1.82) is 0 Å². The third kappa shape index (κ3) is 1.39. The van der Waals surface area contributed by atoms with Crippen molar-refractivity contribution in [2.45, 2.75) is 29.7 Å². The van der Waals surface area contributed by atoms with E-state index in [0.717, 1.165) is 5.56 Å². The molecule has 20 heavy (non-hydrogen) atoms. The molecule has 8 nitrogen and oxygen atoms in total. The van der Waals surface area contributed by atoms with Crippen molar-refractivity contribution < 1.29 is 9.84 Å². The summed E-state index contributed by atoms with van der Waals surface area (Å²) in [4.78, 5) is 5.63. The highest BCUT2D eigenvalue weighted by Crippen LogP contribution is 2.62. The van der Waals surface area contributed by atoms with Crippen molar-refractivity contribution in [2.75, 3.05) is 6.61 Å². The third-order valence-corrected chi connectivity index (χ3v) is 4.21. The molecule has 1 saturated heterocycles. The predicted molar refractivity (Wildman–Crippen MR) is 69.5 cm³/mol. The number of benzene rings is 1. The SMILES string of the molecule is [N-]=[N+]=NC1C(c2ccccc2)C2(O)OCCC12N=[N+]=[N-]. The van der Waals surface area contributed by atoms with Gasteiger partial charge in [0.05, 0.1) is 12.6 Å². The van der Waals surface area contributed by atoms with E-state index in [1.165, 1.54) is 0 Å². The van der Waals surface area contributed by atoms with Gasteiger partial charge < -0.3 is 9.84 Å². The Morgan fingerprint density at radius 3 is 2.65 bits per heavy atom. The van der Waals surface area contributed by atoms with E-state index < -0.39 is 23.3 Å². The van der Waals surface area contributed by atoms with E-state index in [1.807, 2.05) is 30.3 Å². The monoisotopic (exact) mass is 272 g/mol. The van der Waals surface area contributed by atoms with Crippen molar-refractivity contribution in [2.24, 2.45) is 10.2 Å². The first-order valence-corrected chi connectivity index (χ1v) is 6.21. The number of aliphatic hydroxyl groups is 1. The van der Waals surface area contributed by atoms with Gasteiger partial charge in [0.2, 0.25) is 0 Å². The summed E-state index contributed by atoms with van der Waals surface area (Å²) in [6.07, 6.45) is 0.334. The predicted octanol–water partition coefficient (Wildman–Crippen LogP) is 2.62. The average molecular weight is 272 g/mol. The molecule has 1 saturated carbocycles. The Labute approximate surface area is 114 Å². The van der Waals surface area contributed by atoms with E-state index in [9.17, 15) is 5.11 Å². The topological polar surface area (TPSA) is 127 Å². The fourth-order valence-electron chi connectivity index (χ4n) is 3.33. The highest BCUT2D eigenvalue weighted by molar-refractivity contribution is 5.39. The van der Waals surface area contributed by atoms with Crippen LogP contribution in [-0.2, 0) is 4.74 Å². The third-order valence-electron chi connectivity index (χ3n) is 4.21. The standard InChI is InChI=1S/C12H12N6O2/c13-17-15-10-9(8-4-2-1-3-5-8)12(19)11(10,16-18-14)6-7-20-12/h1-5,9-10,19H,6-7H2. The maximum Gasteiger partial charge on any atom is 0.184 e. The normalized spacial score (nSPS) is 38.0. The van der Waals surface area contributed by atoms with E-state index in [-0.39, 0.29) is 6.61 Å². The Bertz CT molecular complexity index is 624. The summed E-state index contributed by atoms with van der Waals surface area (Å²) in [6.45, 7) is 0.260. The molecule has 102 valence electrons. The number of azide groups is 2. The van der Waals surface area contributed by atoms with Crippen LogP contribution in [0.2, 0.25) is 0 Å². The minimum Gasteiger partial charge on any atom is -0.364 e. The number of hydrogen-bond acceptors (Lipinski definition) is 4. The molecular weight excluding hydrogens is 260 g/mol. The second-order valence-electron chi connectivity index (χ2n) is 4.95. The van der Waals surface area contributed by atoms with Crippen molar-refractivity contribution >= 4 is 0 Å². The molecule has 1 aromatic carbocycles. The van der Waals surface area contributed by atoms with Crippen LogP contribution in [0, 0.1) is 0 Å². The quantitative estimate of drug-likeness (QED) is 0.515. The zero-order valence-electron chi connectivity index (χ0n) is 10.5. The first-order valence-electron chi connectivity index (χ1n) is 6.21. The first kappa shape index (κ1) is 12.8. The fourth-order valence-corrected chi connectivity index (χ4v) is 3.33. The smallest absolute Gasteiger partial charge is 0.184 e. The zero-order valence-corrected chi connectivity index (χ0v) is 10.5. The highest BCUT2D eigenvalue weighted by atomic mass is 16.6. The van der Waals surface area contributed by atoms with Crippen molar-refractivity contribution in [3.63, 3.8) is 0 Å². The molecule has 1 aliphatic carbocycles. The Morgan fingerprint density at radius 2 is 2.00 bits per heavy atom. The summed E-state index contributed by atoms with van der Waals surface area (Å²) in [5.74, 6) is -2.15. The summed E-state index contributed by atoms with van der Waals surface area (Å²) in [5, 5.41) is 18.2. The van der Waals surface area contributed by atoms with Gasteiger partial charge in [-0.15, -0.1) is 0 Å². The molecule has 2 fully saturated rings. The fraction of sp³-hybridized carbons (Fsp3) is 0.500. The number of fused-ring (bicyclic) bond motifs is 1. The summed E-state index contributed by atoms with van der Waals surface area (Å²) >= 11 is 0. The van der Waals surface area contributed by atoms with E-state index in [1.54, 1.807) is 0 Å². The van der Waals surface area contributed by atoms with Gasteiger partial charge in [-0.3, -0.25) is 0 Å². The Kier molecular flexibility index (Phi) is 2.81. The molecule has 0 amide bonds. The van der Waals surface area contributed by atoms with Crippen LogP contribution in [0.4, 0.5) is 0 Å². The summed E-state index contributed by atoms with van der Waals surface area (Å²) in [5.41, 5.74) is 17.1. The van der Waals surface area contributed by atoms with Crippen LogP contribution in [0.5, 0.6) is 0 Å². The molecule has 2 aliphatic rings. The first-order chi connectivity index (χ1) is 9.69. The lowest BCUT2D eigenvalue weighted by Gasteiger charge is -2.58. The molecule has 4 unspecified atom stereocenters. The molecule has 4 atom stereocenters. The number of nitrogens with zero attached hydrogens (tertiary/aromatic N) is 6. The maximum absolute atomic E-state index is 10.8. The Balaban J connectivity index is 2.12. The van der Waals surface area contributed by atoms with Gasteiger partial charge in [-0.2, -0.15) is 0 Å². The second kappa shape index (κ2) is 4.40. The minimum absolute atomic E-state index is 0.260.